The summed E-state index contributed by atoms with van der Waals surface area (Å²) in [5.74, 6) is -0.347. The van der Waals surface area contributed by atoms with E-state index in [-0.39, 0.29) is 24.7 Å². The van der Waals surface area contributed by atoms with Crippen LogP contribution < -0.4 is 5.32 Å². The molecule has 5 nitrogen and oxygen atoms in total. The van der Waals surface area contributed by atoms with Gasteiger partial charge in [-0.3, -0.25) is 14.6 Å². The molecule has 104 valence electrons. The second-order valence-electron chi connectivity index (χ2n) is 4.29. The van der Waals surface area contributed by atoms with Crippen LogP contribution >= 0.6 is 0 Å². The minimum absolute atomic E-state index is 0.0452. The highest BCUT2D eigenvalue weighted by Crippen LogP contribution is 2.04. The maximum Gasteiger partial charge on any atom is 0.309 e. The summed E-state index contributed by atoms with van der Waals surface area (Å²) in [4.78, 5) is 26.9. The Morgan fingerprint density at radius 2 is 2.16 bits per heavy atom. The predicted octanol–water partition coefficient (Wildman–Crippen LogP) is 1.26. The van der Waals surface area contributed by atoms with Crippen LogP contribution in [0.3, 0.4) is 0 Å². The van der Waals surface area contributed by atoms with E-state index in [1.807, 2.05) is 0 Å². The molecular formula is C14H20N2O3. The Morgan fingerprint density at radius 3 is 2.84 bits per heavy atom. The second-order valence-corrected chi connectivity index (χ2v) is 4.29. The molecule has 0 fully saturated rings. The van der Waals surface area contributed by atoms with E-state index in [9.17, 15) is 9.59 Å². The summed E-state index contributed by atoms with van der Waals surface area (Å²) in [5.41, 5.74) is 1.47. The van der Waals surface area contributed by atoms with Crippen LogP contribution in [-0.4, -0.2) is 30.5 Å². The number of carbonyl (C=O) groups excluding carboxylic acids is 2. The molecule has 1 rings (SSSR count). The highest BCUT2D eigenvalue weighted by atomic mass is 16.5. The molecule has 0 saturated heterocycles. The van der Waals surface area contributed by atoms with Gasteiger partial charge in [-0.05, 0) is 24.1 Å². The van der Waals surface area contributed by atoms with E-state index in [4.69, 9.17) is 0 Å². The van der Waals surface area contributed by atoms with E-state index in [2.05, 4.69) is 22.0 Å². The van der Waals surface area contributed by atoms with Crippen molar-refractivity contribution in [3.8, 4) is 0 Å². The fraction of sp³-hybridized carbons (Fsp3) is 0.500. The van der Waals surface area contributed by atoms with Crippen LogP contribution in [0.2, 0.25) is 0 Å². The molecule has 1 amide bonds. The molecule has 1 aromatic rings. The van der Waals surface area contributed by atoms with Crippen LogP contribution in [0.15, 0.2) is 18.3 Å². The van der Waals surface area contributed by atoms with Gasteiger partial charge in [-0.2, -0.15) is 0 Å². The lowest BCUT2D eigenvalue weighted by molar-refractivity contribution is -0.139. The molecule has 1 heterocycles. The van der Waals surface area contributed by atoms with E-state index in [0.717, 1.165) is 18.4 Å². The van der Waals surface area contributed by atoms with E-state index in [0.29, 0.717) is 12.2 Å². The van der Waals surface area contributed by atoms with Crippen molar-refractivity contribution >= 4 is 11.9 Å². The van der Waals surface area contributed by atoms with Gasteiger partial charge in [0.2, 0.25) is 5.91 Å². The number of esters is 1. The van der Waals surface area contributed by atoms with Gasteiger partial charge in [-0.15, -0.1) is 0 Å². The van der Waals surface area contributed by atoms with Crippen molar-refractivity contribution in [1.29, 1.82) is 0 Å². The Labute approximate surface area is 113 Å². The van der Waals surface area contributed by atoms with Crippen molar-refractivity contribution in [2.45, 2.75) is 32.6 Å². The van der Waals surface area contributed by atoms with Gasteiger partial charge in [0.05, 0.1) is 20.0 Å². The number of ether oxygens (including phenoxy) is 1. The number of carbonyl (C=O) groups is 2. The maximum atomic E-state index is 11.6. The van der Waals surface area contributed by atoms with Crippen LogP contribution in [-0.2, 0) is 27.2 Å². The lowest BCUT2D eigenvalue weighted by Gasteiger charge is -2.05. The van der Waals surface area contributed by atoms with Crippen molar-refractivity contribution in [3.05, 3.63) is 29.6 Å². The highest BCUT2D eigenvalue weighted by Gasteiger charge is 2.07. The first-order valence-electron chi connectivity index (χ1n) is 6.43. The summed E-state index contributed by atoms with van der Waals surface area (Å²) in [6.45, 7) is 2.77. The zero-order chi connectivity index (χ0) is 14.1. The molecule has 0 bridgehead atoms. The molecule has 0 aliphatic rings. The zero-order valence-electron chi connectivity index (χ0n) is 11.4. The fourth-order valence-corrected chi connectivity index (χ4v) is 1.61. The van der Waals surface area contributed by atoms with Gasteiger partial charge in [0.15, 0.2) is 0 Å². The van der Waals surface area contributed by atoms with E-state index < -0.39 is 0 Å². The Bertz CT molecular complexity index is 432. The van der Waals surface area contributed by atoms with Gasteiger partial charge in [-0.1, -0.05) is 13.3 Å². The van der Waals surface area contributed by atoms with E-state index >= 15 is 0 Å². The number of amides is 1. The first-order valence-corrected chi connectivity index (χ1v) is 6.43. The van der Waals surface area contributed by atoms with Gasteiger partial charge in [0.25, 0.3) is 0 Å². The van der Waals surface area contributed by atoms with Crippen LogP contribution in [0.4, 0.5) is 0 Å². The van der Waals surface area contributed by atoms with Crippen LogP contribution in [0.5, 0.6) is 0 Å². The van der Waals surface area contributed by atoms with Gasteiger partial charge in [0.1, 0.15) is 0 Å². The number of hydrogen-bond donors (Lipinski definition) is 1. The van der Waals surface area contributed by atoms with E-state index in [1.54, 1.807) is 18.3 Å². The highest BCUT2D eigenvalue weighted by molar-refractivity contribution is 5.78. The Kier molecular flexibility index (Phi) is 6.57. The third kappa shape index (κ3) is 5.99. The molecule has 0 aliphatic heterocycles. The smallest absolute Gasteiger partial charge is 0.309 e. The lowest BCUT2D eigenvalue weighted by atomic mass is 10.1. The standard InChI is InChI=1S/C14H20N2O3/c1-3-4-6-16-13(17)10-12-8-11(5-7-15-12)9-14(18)19-2/h5,7-8H,3-4,6,9-10H2,1-2H3,(H,16,17). The molecule has 0 aromatic carbocycles. The fourth-order valence-electron chi connectivity index (χ4n) is 1.61. The largest absolute Gasteiger partial charge is 0.469 e. The number of unbranched alkanes of at least 4 members (excludes halogenated alkanes) is 1. The Hall–Kier alpha value is -1.91. The number of aromatic nitrogens is 1. The first kappa shape index (κ1) is 15.1. The number of pyridine rings is 1. The topological polar surface area (TPSA) is 68.3 Å². The van der Waals surface area contributed by atoms with Crippen molar-refractivity contribution < 1.29 is 14.3 Å². The molecule has 0 atom stereocenters. The van der Waals surface area contributed by atoms with Crippen molar-refractivity contribution in [2.24, 2.45) is 0 Å². The third-order valence-corrected chi connectivity index (χ3v) is 2.65. The third-order valence-electron chi connectivity index (χ3n) is 2.65. The minimum Gasteiger partial charge on any atom is -0.469 e. The summed E-state index contributed by atoms with van der Waals surface area (Å²) in [5, 5.41) is 2.83. The summed E-state index contributed by atoms with van der Waals surface area (Å²) in [6, 6.07) is 3.51. The molecule has 19 heavy (non-hydrogen) atoms. The van der Waals surface area contributed by atoms with E-state index in [1.165, 1.54) is 7.11 Å². The van der Waals surface area contributed by atoms with Gasteiger partial charge in [-0.25, -0.2) is 0 Å². The molecular weight excluding hydrogens is 244 g/mol. The number of nitrogens with zero attached hydrogens (tertiary/aromatic N) is 1. The van der Waals surface area contributed by atoms with Crippen molar-refractivity contribution in [1.82, 2.24) is 10.3 Å². The zero-order valence-corrected chi connectivity index (χ0v) is 11.4. The molecule has 1 aromatic heterocycles. The van der Waals surface area contributed by atoms with Gasteiger partial charge >= 0.3 is 5.97 Å². The Morgan fingerprint density at radius 1 is 1.37 bits per heavy atom. The number of methoxy groups -OCH3 is 1. The Balaban J connectivity index is 2.52. The quantitative estimate of drug-likeness (QED) is 0.594. The summed E-state index contributed by atoms with van der Waals surface area (Å²) in [7, 11) is 1.35. The van der Waals surface area contributed by atoms with Gasteiger partial charge < -0.3 is 10.1 Å². The normalized spacial score (nSPS) is 10.0. The predicted molar refractivity (Wildman–Crippen MR) is 71.6 cm³/mol. The second kappa shape index (κ2) is 8.24. The molecule has 0 spiro atoms. The molecule has 1 N–H and O–H groups in total. The average Bonchev–Trinajstić information content (AvgIpc) is 2.39. The molecule has 0 aliphatic carbocycles. The van der Waals surface area contributed by atoms with Crippen molar-refractivity contribution in [3.63, 3.8) is 0 Å². The number of nitrogens with one attached hydrogen (secondary N) is 1. The summed E-state index contributed by atoms with van der Waals surface area (Å²) < 4.78 is 4.60. The van der Waals surface area contributed by atoms with Crippen LogP contribution in [0.25, 0.3) is 0 Å². The molecule has 0 unspecified atom stereocenters. The lowest BCUT2D eigenvalue weighted by Crippen LogP contribution is -2.26. The first-order chi connectivity index (χ1) is 9.15. The summed E-state index contributed by atoms with van der Waals surface area (Å²) >= 11 is 0. The SMILES string of the molecule is CCCCNC(=O)Cc1cc(CC(=O)OC)ccn1. The van der Waals surface area contributed by atoms with Crippen molar-refractivity contribution in [2.75, 3.05) is 13.7 Å². The summed E-state index contributed by atoms with van der Waals surface area (Å²) in [6.07, 6.45) is 4.06. The van der Waals surface area contributed by atoms with Gasteiger partial charge in [0, 0.05) is 18.4 Å². The minimum atomic E-state index is -0.301. The molecule has 5 heteroatoms. The maximum absolute atomic E-state index is 11.6. The number of rotatable bonds is 7. The monoisotopic (exact) mass is 264 g/mol. The van der Waals surface area contributed by atoms with Crippen LogP contribution in [0.1, 0.15) is 31.0 Å². The molecule has 0 saturated carbocycles. The number of hydrogen-bond acceptors (Lipinski definition) is 4. The van der Waals surface area contributed by atoms with Crippen LogP contribution in [0, 0.1) is 0 Å². The molecule has 0 radical (unpaired) electrons. The average molecular weight is 264 g/mol.